The van der Waals surface area contributed by atoms with E-state index in [0.717, 1.165) is 24.4 Å². The molecule has 0 radical (unpaired) electrons. The molecule has 0 aromatic rings. The Morgan fingerprint density at radius 2 is 2.17 bits per heavy atom. The first-order valence-corrected chi connectivity index (χ1v) is 5.95. The summed E-state index contributed by atoms with van der Waals surface area (Å²) < 4.78 is 0. The maximum absolute atomic E-state index is 11.1. The van der Waals surface area contributed by atoms with Gasteiger partial charge in [0.05, 0.1) is 0 Å². The molecule has 18 heavy (non-hydrogen) atoms. The van der Waals surface area contributed by atoms with Crippen LogP contribution >= 0.6 is 0 Å². The molecule has 2 N–H and O–H groups in total. The third kappa shape index (κ3) is 1.96. The average molecular weight is 254 g/mol. The lowest BCUT2D eigenvalue weighted by Gasteiger charge is -2.21. The van der Waals surface area contributed by atoms with Crippen LogP contribution in [0.3, 0.4) is 0 Å². The molecule has 0 bridgehead atoms. The minimum atomic E-state index is -1.13. The van der Waals surface area contributed by atoms with E-state index in [1.807, 2.05) is 7.05 Å². The minimum absolute atomic E-state index is 0.136. The van der Waals surface area contributed by atoms with Crippen LogP contribution in [0.1, 0.15) is 12.8 Å². The molecule has 1 heterocycles. The third-order valence-corrected chi connectivity index (χ3v) is 3.95. The third-order valence-electron chi connectivity index (χ3n) is 3.95. The SMILES string of the molecule is C=CCN(C)C[C@@]12C[C@@H](C(=O)O)N(C(=O)O)[C@@H]1C2. The normalized spacial score (nSPS) is 33.3. The monoisotopic (exact) mass is 254 g/mol. The number of carbonyl (C=O) groups is 2. The van der Waals surface area contributed by atoms with Crippen molar-refractivity contribution in [3.8, 4) is 0 Å². The molecular weight excluding hydrogens is 236 g/mol. The number of fused-ring (bicyclic) bond motifs is 1. The van der Waals surface area contributed by atoms with Crippen LogP contribution in [-0.2, 0) is 4.79 Å². The van der Waals surface area contributed by atoms with Crippen molar-refractivity contribution < 1.29 is 19.8 Å². The highest BCUT2D eigenvalue weighted by Crippen LogP contribution is 2.59. The molecule has 6 nitrogen and oxygen atoms in total. The van der Waals surface area contributed by atoms with Crippen molar-refractivity contribution in [2.24, 2.45) is 5.41 Å². The highest BCUT2D eigenvalue weighted by Gasteiger charge is 2.67. The van der Waals surface area contributed by atoms with Gasteiger partial charge in [-0.3, -0.25) is 4.90 Å². The molecule has 0 unspecified atom stereocenters. The van der Waals surface area contributed by atoms with Crippen LogP contribution in [0.5, 0.6) is 0 Å². The maximum atomic E-state index is 11.1. The van der Waals surface area contributed by atoms with Crippen LogP contribution in [0.25, 0.3) is 0 Å². The van der Waals surface area contributed by atoms with Gasteiger partial charge >= 0.3 is 12.1 Å². The van der Waals surface area contributed by atoms with E-state index >= 15 is 0 Å². The van der Waals surface area contributed by atoms with E-state index in [2.05, 4.69) is 11.5 Å². The lowest BCUT2D eigenvalue weighted by Crippen LogP contribution is -2.42. The molecule has 0 spiro atoms. The number of nitrogens with zero attached hydrogens (tertiary/aromatic N) is 2. The minimum Gasteiger partial charge on any atom is -0.480 e. The van der Waals surface area contributed by atoms with Gasteiger partial charge < -0.3 is 15.1 Å². The van der Waals surface area contributed by atoms with Crippen LogP contribution in [0, 0.1) is 5.41 Å². The van der Waals surface area contributed by atoms with Crippen molar-refractivity contribution in [3.05, 3.63) is 12.7 Å². The molecule has 1 aliphatic carbocycles. The molecule has 1 saturated heterocycles. The molecule has 1 amide bonds. The fourth-order valence-electron chi connectivity index (χ4n) is 3.17. The molecule has 0 aromatic heterocycles. The largest absolute Gasteiger partial charge is 0.480 e. The van der Waals surface area contributed by atoms with Crippen LogP contribution in [0.2, 0.25) is 0 Å². The zero-order valence-electron chi connectivity index (χ0n) is 10.4. The molecule has 1 saturated carbocycles. The molecule has 3 atom stereocenters. The summed E-state index contributed by atoms with van der Waals surface area (Å²) in [5, 5.41) is 18.2. The highest BCUT2D eigenvalue weighted by atomic mass is 16.4. The Kier molecular flexibility index (Phi) is 3.06. The summed E-state index contributed by atoms with van der Waals surface area (Å²) in [5.74, 6) is -1.05. The number of likely N-dealkylation sites (N-methyl/N-ethyl adjacent to an activating group) is 1. The van der Waals surface area contributed by atoms with Gasteiger partial charge in [0.1, 0.15) is 6.04 Å². The Hall–Kier alpha value is -1.56. The topological polar surface area (TPSA) is 81.1 Å². The Labute approximate surface area is 105 Å². The quantitative estimate of drug-likeness (QED) is 0.706. The second kappa shape index (κ2) is 4.28. The van der Waals surface area contributed by atoms with Crippen molar-refractivity contribution >= 4 is 12.1 Å². The number of aliphatic carboxylic acids is 1. The summed E-state index contributed by atoms with van der Waals surface area (Å²) >= 11 is 0. The summed E-state index contributed by atoms with van der Waals surface area (Å²) in [6, 6.07) is -1.03. The Balaban J connectivity index is 2.09. The zero-order valence-corrected chi connectivity index (χ0v) is 10.4. The number of piperidine rings is 1. The summed E-state index contributed by atoms with van der Waals surface area (Å²) in [6.07, 6.45) is 1.84. The van der Waals surface area contributed by atoms with Gasteiger partial charge in [0.25, 0.3) is 0 Å². The molecule has 6 heteroatoms. The van der Waals surface area contributed by atoms with Crippen LogP contribution in [0.4, 0.5) is 4.79 Å². The van der Waals surface area contributed by atoms with Crippen LogP contribution in [0.15, 0.2) is 12.7 Å². The fraction of sp³-hybridized carbons (Fsp3) is 0.667. The van der Waals surface area contributed by atoms with Gasteiger partial charge in [-0.25, -0.2) is 9.59 Å². The summed E-state index contributed by atoms with van der Waals surface area (Å²) in [5.41, 5.74) is -0.167. The van der Waals surface area contributed by atoms with Crippen LogP contribution in [-0.4, -0.2) is 64.3 Å². The molecular formula is C12H18N2O4. The number of hydrogen-bond donors (Lipinski definition) is 2. The smallest absolute Gasteiger partial charge is 0.408 e. The van der Waals surface area contributed by atoms with Gasteiger partial charge in [0, 0.05) is 24.5 Å². The van der Waals surface area contributed by atoms with Crippen molar-refractivity contribution in [2.45, 2.75) is 24.9 Å². The number of hydrogen-bond acceptors (Lipinski definition) is 3. The second-order valence-corrected chi connectivity index (χ2v) is 5.32. The number of likely N-dealkylation sites (tertiary alicyclic amines) is 1. The van der Waals surface area contributed by atoms with Gasteiger partial charge in [-0.2, -0.15) is 0 Å². The molecule has 2 aliphatic rings. The van der Waals surface area contributed by atoms with Gasteiger partial charge in [0.2, 0.25) is 0 Å². The van der Waals surface area contributed by atoms with E-state index in [1.165, 1.54) is 0 Å². The zero-order chi connectivity index (χ0) is 13.5. The number of amides is 1. The van der Waals surface area contributed by atoms with Gasteiger partial charge in [-0.15, -0.1) is 6.58 Å². The summed E-state index contributed by atoms with van der Waals surface area (Å²) in [7, 11) is 1.94. The number of carboxylic acid groups (broad SMARTS) is 2. The van der Waals surface area contributed by atoms with Crippen molar-refractivity contribution in [2.75, 3.05) is 20.1 Å². The first-order valence-electron chi connectivity index (χ1n) is 5.95. The fourth-order valence-corrected chi connectivity index (χ4v) is 3.17. The first kappa shape index (κ1) is 12.9. The van der Waals surface area contributed by atoms with Crippen LogP contribution < -0.4 is 0 Å². The van der Waals surface area contributed by atoms with E-state index in [-0.39, 0.29) is 11.5 Å². The second-order valence-electron chi connectivity index (χ2n) is 5.32. The van der Waals surface area contributed by atoms with Gasteiger partial charge in [-0.1, -0.05) is 6.08 Å². The molecule has 1 aliphatic heterocycles. The molecule has 100 valence electrons. The molecule has 2 fully saturated rings. The number of carboxylic acids is 1. The maximum Gasteiger partial charge on any atom is 0.408 e. The standard InChI is InChI=1S/C12H18N2O4/c1-3-4-13(2)7-12-5-8(10(15)16)14(11(17)18)9(12)6-12/h3,8-9H,1,4-7H2,2H3,(H,15,16)(H,17,18)/t8-,9+,12-/m0/s1. The van der Waals surface area contributed by atoms with Crippen molar-refractivity contribution in [1.29, 1.82) is 0 Å². The van der Waals surface area contributed by atoms with E-state index in [1.54, 1.807) is 6.08 Å². The summed E-state index contributed by atoms with van der Waals surface area (Å²) in [6.45, 7) is 5.10. The van der Waals surface area contributed by atoms with Gasteiger partial charge in [0.15, 0.2) is 0 Å². The lowest BCUT2D eigenvalue weighted by molar-refractivity contribution is -0.142. The van der Waals surface area contributed by atoms with E-state index in [0.29, 0.717) is 6.42 Å². The Bertz CT molecular complexity index is 398. The first-order chi connectivity index (χ1) is 8.41. The average Bonchev–Trinajstić information content (AvgIpc) is 2.82. The molecule has 0 aromatic carbocycles. The van der Waals surface area contributed by atoms with E-state index in [9.17, 15) is 9.59 Å². The van der Waals surface area contributed by atoms with Crippen molar-refractivity contribution in [1.82, 2.24) is 9.80 Å². The van der Waals surface area contributed by atoms with Gasteiger partial charge in [-0.05, 0) is 19.9 Å². The predicted molar refractivity (Wildman–Crippen MR) is 64.4 cm³/mol. The highest BCUT2D eigenvalue weighted by molar-refractivity contribution is 5.81. The lowest BCUT2D eigenvalue weighted by atomic mass is 9.99. The molecule has 2 rings (SSSR count). The van der Waals surface area contributed by atoms with Crippen molar-refractivity contribution in [3.63, 3.8) is 0 Å². The van der Waals surface area contributed by atoms with E-state index in [4.69, 9.17) is 10.2 Å². The Morgan fingerprint density at radius 3 is 2.61 bits per heavy atom. The predicted octanol–water partition coefficient (Wildman–Crippen LogP) is 0.700. The van der Waals surface area contributed by atoms with E-state index < -0.39 is 18.1 Å². The number of rotatable bonds is 5. The summed E-state index contributed by atoms with van der Waals surface area (Å²) in [4.78, 5) is 25.4. The Morgan fingerprint density at radius 1 is 1.50 bits per heavy atom.